The Balaban J connectivity index is 2.04. The Bertz CT molecular complexity index is 592. The molecule has 0 spiro atoms. The molecule has 0 N–H and O–H groups in total. The van der Waals surface area contributed by atoms with Crippen LogP contribution in [0.25, 0.3) is 5.65 Å². The molecule has 1 unspecified atom stereocenters. The zero-order valence-electron chi connectivity index (χ0n) is 14.0. The van der Waals surface area contributed by atoms with Gasteiger partial charge in [0.25, 0.3) is 0 Å². The molecule has 2 heterocycles. The zero-order chi connectivity index (χ0) is 15.2. The summed E-state index contributed by atoms with van der Waals surface area (Å²) in [7, 11) is 0. The van der Waals surface area contributed by atoms with Crippen molar-refractivity contribution in [2.75, 3.05) is 0 Å². The highest BCUT2D eigenvalue weighted by Crippen LogP contribution is 2.58. The van der Waals surface area contributed by atoms with E-state index in [1.807, 2.05) is 0 Å². The lowest BCUT2D eigenvalue weighted by Crippen LogP contribution is -2.35. The van der Waals surface area contributed by atoms with Crippen LogP contribution in [0.2, 0.25) is 0 Å². The van der Waals surface area contributed by atoms with Gasteiger partial charge in [-0.15, -0.1) is 0 Å². The molecule has 2 aromatic heterocycles. The number of imidazole rings is 1. The Morgan fingerprint density at radius 3 is 2.57 bits per heavy atom. The number of nitrogens with zero attached hydrogens (tertiary/aromatic N) is 2. The van der Waals surface area contributed by atoms with E-state index in [0.717, 1.165) is 17.5 Å². The molecule has 1 aliphatic carbocycles. The molecule has 1 fully saturated rings. The van der Waals surface area contributed by atoms with Gasteiger partial charge in [-0.1, -0.05) is 40.7 Å². The lowest BCUT2D eigenvalue weighted by molar-refractivity contribution is 0.0910. The van der Waals surface area contributed by atoms with Gasteiger partial charge < -0.3 is 4.40 Å². The highest BCUT2D eigenvalue weighted by molar-refractivity contribution is 5.40. The van der Waals surface area contributed by atoms with Crippen LogP contribution in [0.5, 0.6) is 0 Å². The predicted molar refractivity (Wildman–Crippen MR) is 88.4 cm³/mol. The van der Waals surface area contributed by atoms with Gasteiger partial charge in [0.15, 0.2) is 0 Å². The first-order valence-electron chi connectivity index (χ1n) is 8.38. The zero-order valence-corrected chi connectivity index (χ0v) is 14.0. The highest BCUT2D eigenvalue weighted by atomic mass is 15.0. The topological polar surface area (TPSA) is 17.3 Å². The Hall–Kier alpha value is -1.31. The fourth-order valence-corrected chi connectivity index (χ4v) is 4.70. The van der Waals surface area contributed by atoms with Gasteiger partial charge in [-0.05, 0) is 48.1 Å². The number of pyridine rings is 1. The first-order valence-corrected chi connectivity index (χ1v) is 8.38. The van der Waals surface area contributed by atoms with E-state index in [1.165, 1.54) is 18.5 Å². The summed E-state index contributed by atoms with van der Waals surface area (Å²) in [6.45, 7) is 12.1. The molecule has 21 heavy (non-hydrogen) atoms. The molecule has 0 amide bonds. The van der Waals surface area contributed by atoms with E-state index in [4.69, 9.17) is 4.98 Å². The van der Waals surface area contributed by atoms with Crippen molar-refractivity contribution in [2.45, 2.75) is 53.4 Å². The fraction of sp³-hybridized carbons (Fsp3) is 0.632. The third-order valence-corrected chi connectivity index (χ3v) is 6.10. The van der Waals surface area contributed by atoms with Crippen molar-refractivity contribution in [3.63, 3.8) is 0 Å². The number of hydrogen-bond acceptors (Lipinski definition) is 1. The van der Waals surface area contributed by atoms with E-state index in [1.54, 1.807) is 0 Å². The summed E-state index contributed by atoms with van der Waals surface area (Å²) in [5, 5.41) is 0. The largest absolute Gasteiger partial charge is 0.307 e. The second-order valence-electron chi connectivity index (χ2n) is 7.63. The smallest absolute Gasteiger partial charge is 0.136 e. The van der Waals surface area contributed by atoms with Gasteiger partial charge in [0.1, 0.15) is 5.65 Å². The molecule has 3 atom stereocenters. The van der Waals surface area contributed by atoms with Crippen LogP contribution >= 0.6 is 0 Å². The molecular weight excluding hydrogens is 256 g/mol. The van der Waals surface area contributed by atoms with E-state index in [2.05, 4.69) is 69.6 Å². The number of aromatic nitrogens is 2. The van der Waals surface area contributed by atoms with Crippen LogP contribution in [0.3, 0.4) is 0 Å². The average molecular weight is 284 g/mol. The van der Waals surface area contributed by atoms with Crippen molar-refractivity contribution < 1.29 is 0 Å². The normalized spacial score (nSPS) is 29.9. The lowest BCUT2D eigenvalue weighted by atomic mass is 9.62. The number of hydrogen-bond donors (Lipinski definition) is 0. The molecule has 2 aromatic rings. The van der Waals surface area contributed by atoms with Gasteiger partial charge >= 0.3 is 0 Å². The molecule has 2 nitrogen and oxygen atoms in total. The molecule has 0 aromatic carbocycles. The lowest BCUT2D eigenvalue weighted by Gasteiger charge is -2.42. The monoisotopic (exact) mass is 284 g/mol. The number of rotatable bonds is 3. The third-order valence-electron chi connectivity index (χ3n) is 6.10. The fourth-order valence-electron chi connectivity index (χ4n) is 4.70. The molecule has 0 bridgehead atoms. The van der Waals surface area contributed by atoms with E-state index in [0.29, 0.717) is 17.3 Å². The van der Waals surface area contributed by atoms with Crippen LogP contribution in [0, 0.1) is 23.2 Å². The standard InChI is InChI=1S/C19H28N2/c1-13(2)15-9-10-16(19(15,5)14(3)4)17-12-21-11-7-6-8-18(21)20-17/h6-8,11-16H,9-10H2,1-5H3/t15?,16-,19+/m1/s1. The Morgan fingerprint density at radius 2 is 1.95 bits per heavy atom. The van der Waals surface area contributed by atoms with E-state index in [-0.39, 0.29) is 0 Å². The van der Waals surface area contributed by atoms with Gasteiger partial charge in [-0.2, -0.15) is 0 Å². The van der Waals surface area contributed by atoms with Crippen molar-refractivity contribution in [3.05, 3.63) is 36.3 Å². The second-order valence-corrected chi connectivity index (χ2v) is 7.63. The minimum Gasteiger partial charge on any atom is -0.307 e. The molecule has 1 aliphatic rings. The van der Waals surface area contributed by atoms with Gasteiger partial charge in [-0.3, -0.25) is 0 Å². The summed E-state index contributed by atoms with van der Waals surface area (Å²) in [4.78, 5) is 4.93. The highest BCUT2D eigenvalue weighted by Gasteiger charge is 2.50. The van der Waals surface area contributed by atoms with Crippen LogP contribution in [0.15, 0.2) is 30.6 Å². The van der Waals surface area contributed by atoms with Gasteiger partial charge in [0.2, 0.25) is 0 Å². The van der Waals surface area contributed by atoms with Crippen LogP contribution in [-0.4, -0.2) is 9.38 Å². The Labute approximate surface area is 128 Å². The van der Waals surface area contributed by atoms with E-state index < -0.39 is 0 Å². The van der Waals surface area contributed by atoms with Crippen molar-refractivity contribution in [2.24, 2.45) is 23.2 Å². The summed E-state index contributed by atoms with van der Waals surface area (Å²) in [5.74, 6) is 2.82. The van der Waals surface area contributed by atoms with Crippen LogP contribution in [-0.2, 0) is 0 Å². The summed E-state index contributed by atoms with van der Waals surface area (Å²) >= 11 is 0. The minimum absolute atomic E-state index is 0.353. The van der Waals surface area contributed by atoms with Crippen LogP contribution in [0.1, 0.15) is 59.1 Å². The van der Waals surface area contributed by atoms with Crippen molar-refractivity contribution in [1.82, 2.24) is 9.38 Å². The van der Waals surface area contributed by atoms with Gasteiger partial charge in [0.05, 0.1) is 5.69 Å². The molecule has 0 radical (unpaired) electrons. The maximum Gasteiger partial charge on any atom is 0.136 e. The quantitative estimate of drug-likeness (QED) is 0.762. The minimum atomic E-state index is 0.353. The molecule has 2 heteroatoms. The Morgan fingerprint density at radius 1 is 1.19 bits per heavy atom. The molecule has 1 saturated carbocycles. The molecule has 3 rings (SSSR count). The summed E-state index contributed by atoms with van der Waals surface area (Å²) < 4.78 is 2.17. The maximum absolute atomic E-state index is 4.93. The molecule has 0 saturated heterocycles. The summed E-state index contributed by atoms with van der Waals surface area (Å²) in [6, 6.07) is 6.25. The van der Waals surface area contributed by atoms with Crippen LogP contribution in [0.4, 0.5) is 0 Å². The first kappa shape index (κ1) is 14.6. The van der Waals surface area contributed by atoms with Crippen molar-refractivity contribution >= 4 is 5.65 Å². The molecular formula is C19H28N2. The second kappa shape index (κ2) is 5.15. The molecule has 0 aliphatic heterocycles. The predicted octanol–water partition coefficient (Wildman–Crippen LogP) is 5.15. The van der Waals surface area contributed by atoms with Gasteiger partial charge in [0, 0.05) is 18.3 Å². The van der Waals surface area contributed by atoms with Gasteiger partial charge in [-0.25, -0.2) is 4.98 Å². The van der Waals surface area contributed by atoms with Crippen molar-refractivity contribution in [3.8, 4) is 0 Å². The van der Waals surface area contributed by atoms with Crippen LogP contribution < -0.4 is 0 Å². The summed E-state index contributed by atoms with van der Waals surface area (Å²) in [6.07, 6.45) is 6.98. The first-order chi connectivity index (χ1) is 9.94. The third kappa shape index (κ3) is 2.20. The SMILES string of the molecule is CC(C)C1CC[C@H](c2cn3ccccc3n2)[C@@]1(C)C(C)C. The van der Waals surface area contributed by atoms with E-state index >= 15 is 0 Å². The molecule has 114 valence electrons. The number of fused-ring (bicyclic) bond motifs is 1. The maximum atomic E-state index is 4.93. The summed E-state index contributed by atoms with van der Waals surface area (Å²) in [5.41, 5.74) is 2.72. The average Bonchev–Trinajstić information content (AvgIpc) is 2.99. The van der Waals surface area contributed by atoms with E-state index in [9.17, 15) is 0 Å². The van der Waals surface area contributed by atoms with Crippen molar-refractivity contribution in [1.29, 1.82) is 0 Å². The Kier molecular flexibility index (Phi) is 3.59.